The van der Waals surface area contributed by atoms with Crippen molar-refractivity contribution < 1.29 is 33.3 Å². The molecule has 0 spiro atoms. The summed E-state index contributed by atoms with van der Waals surface area (Å²) in [5.74, 6) is 0. The van der Waals surface area contributed by atoms with Gasteiger partial charge in [-0.3, -0.25) is 9.05 Å². The molecular weight excluding hydrogens is 453 g/mol. The van der Waals surface area contributed by atoms with Gasteiger partial charge in [-0.05, 0) is 27.2 Å². The number of hydrogen-bond acceptors (Lipinski definition) is 5. The Labute approximate surface area is 210 Å². The highest BCUT2D eigenvalue weighted by molar-refractivity contribution is 7.47. The highest BCUT2D eigenvalue weighted by atomic mass is 31.2. The van der Waals surface area contributed by atoms with E-state index in [-0.39, 0.29) is 19.3 Å². The van der Waals surface area contributed by atoms with Crippen LogP contribution in [0.3, 0.4) is 0 Å². The minimum absolute atomic E-state index is 0.0196. The van der Waals surface area contributed by atoms with E-state index < -0.39 is 7.82 Å². The van der Waals surface area contributed by atoms with Crippen molar-refractivity contribution in [3.63, 3.8) is 0 Å². The van der Waals surface area contributed by atoms with Gasteiger partial charge in [0.2, 0.25) is 0 Å². The lowest BCUT2D eigenvalue weighted by atomic mass is 10.0. The Morgan fingerprint density at radius 2 is 1.26 bits per heavy atom. The number of phosphoric ester groups is 1. The van der Waals surface area contributed by atoms with Crippen LogP contribution in [0, 0.1) is 0 Å². The summed E-state index contributed by atoms with van der Waals surface area (Å²) in [5, 5.41) is 2.04. The van der Waals surface area contributed by atoms with Crippen LogP contribution >= 0.6 is 7.82 Å². The van der Waals surface area contributed by atoms with Crippen LogP contribution in [-0.4, -0.2) is 56.6 Å². The Kier molecular flexibility index (Phi) is 24.7. The first kappa shape index (κ1) is 34.0. The average molecular weight is 511 g/mol. The molecule has 0 aromatic carbocycles. The number of ether oxygens (including phenoxy) is 2. The number of rotatable bonds is 27. The molecule has 0 fully saturated rings. The molecule has 0 saturated carbocycles. The summed E-state index contributed by atoms with van der Waals surface area (Å²) < 4.78 is 33.4. The van der Waals surface area contributed by atoms with E-state index in [1.807, 2.05) is 12.2 Å². The highest BCUT2D eigenvalue weighted by Gasteiger charge is 2.24. The second-order valence-corrected chi connectivity index (χ2v) is 11.1. The zero-order chi connectivity index (χ0) is 25.3. The Bertz CT molecular complexity index is 467. The summed E-state index contributed by atoms with van der Waals surface area (Å²) in [6, 6.07) is 0.418. The van der Waals surface area contributed by atoms with Gasteiger partial charge in [0.15, 0.2) is 0 Å². The fourth-order valence-electron chi connectivity index (χ4n) is 3.78. The molecule has 2 unspecified atom stereocenters. The van der Waals surface area contributed by atoms with Crippen LogP contribution in [0.5, 0.6) is 0 Å². The molecule has 0 radical (unpaired) electrons. The Hall–Kier alpha value is -0.0100. The molecule has 7 nitrogen and oxygen atoms in total. The summed E-state index contributed by atoms with van der Waals surface area (Å²) in [5.41, 5.74) is 0. The molecule has 0 heterocycles. The zero-order valence-corrected chi connectivity index (χ0v) is 23.7. The topological polar surface area (TPSA) is 90.8 Å². The van der Waals surface area contributed by atoms with Gasteiger partial charge in [0.25, 0.3) is 0 Å². The maximum Gasteiger partial charge on any atom is 0.472 e. The first-order valence-electron chi connectivity index (χ1n) is 14.1. The fraction of sp³-hybridized carbons (Fsp3) is 1.00. The third-order valence-corrected chi connectivity index (χ3v) is 6.77. The van der Waals surface area contributed by atoms with Gasteiger partial charge >= 0.3 is 7.82 Å². The predicted molar refractivity (Wildman–Crippen MR) is 140 cm³/mol. The number of unbranched alkanes of at least 4 members (excludes halogenated alkanes) is 13. The van der Waals surface area contributed by atoms with Crippen LogP contribution in [0.4, 0.5) is 0 Å². The second kappa shape index (κ2) is 24.7. The van der Waals surface area contributed by atoms with Crippen molar-refractivity contribution in [2.75, 3.05) is 39.6 Å². The van der Waals surface area contributed by atoms with Gasteiger partial charge in [0, 0.05) is 13.2 Å². The molecule has 0 aromatic heterocycles. The van der Waals surface area contributed by atoms with E-state index in [1.54, 1.807) is 0 Å². The Morgan fingerprint density at radius 1 is 0.735 bits per heavy atom. The van der Waals surface area contributed by atoms with Gasteiger partial charge in [-0.1, -0.05) is 90.4 Å². The van der Waals surface area contributed by atoms with Crippen molar-refractivity contribution in [1.29, 1.82) is 0 Å². The predicted octanol–water partition coefficient (Wildman–Crippen LogP) is 5.99. The molecule has 3 N–H and O–H groups in total. The van der Waals surface area contributed by atoms with Crippen molar-refractivity contribution in [1.82, 2.24) is 0 Å². The molecule has 0 rings (SSSR count). The normalized spacial score (nSPS) is 14.5. The van der Waals surface area contributed by atoms with E-state index in [0.717, 1.165) is 6.42 Å². The number of nitrogens with two attached hydrogens (primary N) is 1. The maximum atomic E-state index is 12.0. The van der Waals surface area contributed by atoms with E-state index in [0.29, 0.717) is 32.4 Å². The first-order chi connectivity index (χ1) is 16.4. The summed E-state index contributed by atoms with van der Waals surface area (Å²) >= 11 is 0. The third kappa shape index (κ3) is 25.1. The lowest BCUT2D eigenvalue weighted by molar-refractivity contribution is -0.683. The van der Waals surface area contributed by atoms with E-state index in [2.05, 4.69) is 20.8 Å². The molecular formula is C26H57NO6P+. The summed E-state index contributed by atoms with van der Waals surface area (Å²) in [6.07, 6.45) is 18.3. The van der Waals surface area contributed by atoms with Gasteiger partial charge in [-0.2, -0.15) is 0 Å². The summed E-state index contributed by atoms with van der Waals surface area (Å²) in [7, 11) is -4.06. The third-order valence-electron chi connectivity index (χ3n) is 5.78. The van der Waals surface area contributed by atoms with Crippen molar-refractivity contribution in [2.45, 2.75) is 130 Å². The minimum Gasteiger partial charge on any atom is -0.379 e. The molecule has 0 bridgehead atoms. The molecule has 0 saturated heterocycles. The van der Waals surface area contributed by atoms with Gasteiger partial charge in [-0.15, -0.1) is 0 Å². The van der Waals surface area contributed by atoms with Gasteiger partial charge in [-0.25, -0.2) is 4.57 Å². The first-order valence-corrected chi connectivity index (χ1v) is 15.5. The molecule has 0 aliphatic heterocycles. The minimum atomic E-state index is -4.06. The van der Waals surface area contributed by atoms with Crippen LogP contribution in [0.15, 0.2) is 0 Å². The van der Waals surface area contributed by atoms with Crippen LogP contribution in [0.25, 0.3) is 0 Å². The molecule has 0 aliphatic rings. The molecule has 0 aliphatic carbocycles. The monoisotopic (exact) mass is 510 g/mol. The molecule has 206 valence electrons. The van der Waals surface area contributed by atoms with E-state index >= 15 is 0 Å². The fourth-order valence-corrected chi connectivity index (χ4v) is 4.54. The molecule has 34 heavy (non-hydrogen) atoms. The standard InChI is InChI=1S/C26H56NO6P/c1-5-7-8-9-10-11-12-13-14-15-16-17-18-19-21-30-23-26(31-6-2)24-33-34(28,29)32-22-20-27-25(3)4/h25-27H,5-24H2,1-4H3,(H,28,29)/p+1. The molecule has 8 heteroatoms. The smallest absolute Gasteiger partial charge is 0.379 e. The average Bonchev–Trinajstić information content (AvgIpc) is 2.80. The Morgan fingerprint density at radius 3 is 1.76 bits per heavy atom. The van der Waals surface area contributed by atoms with Crippen molar-refractivity contribution in [2.24, 2.45) is 0 Å². The largest absolute Gasteiger partial charge is 0.472 e. The van der Waals surface area contributed by atoms with Gasteiger partial charge in [0.05, 0.1) is 19.3 Å². The molecule has 2 atom stereocenters. The number of phosphoric acid groups is 1. The van der Waals surface area contributed by atoms with E-state index in [9.17, 15) is 9.46 Å². The maximum absolute atomic E-state index is 12.0. The van der Waals surface area contributed by atoms with E-state index in [4.69, 9.17) is 18.5 Å². The quantitative estimate of drug-likeness (QED) is 0.104. The van der Waals surface area contributed by atoms with Crippen LogP contribution in [0.1, 0.15) is 118 Å². The van der Waals surface area contributed by atoms with E-state index in [1.165, 1.54) is 83.5 Å². The van der Waals surface area contributed by atoms with Crippen molar-refractivity contribution in [3.8, 4) is 0 Å². The summed E-state index contributed by atoms with van der Waals surface area (Å²) in [6.45, 7) is 10.6. The molecule has 0 amide bonds. The van der Waals surface area contributed by atoms with Crippen LogP contribution in [0.2, 0.25) is 0 Å². The van der Waals surface area contributed by atoms with Gasteiger partial charge < -0.3 is 19.7 Å². The SMILES string of the molecule is CCCCCCCCCCCCCCCCOCC(COP(=O)(O)OCC[NH2+]C(C)C)OCC. The summed E-state index contributed by atoms with van der Waals surface area (Å²) in [4.78, 5) is 9.81. The second-order valence-electron chi connectivity index (χ2n) is 9.61. The van der Waals surface area contributed by atoms with Crippen molar-refractivity contribution >= 4 is 7.82 Å². The molecule has 0 aromatic rings. The van der Waals surface area contributed by atoms with Crippen molar-refractivity contribution in [3.05, 3.63) is 0 Å². The number of hydrogen-bond donors (Lipinski definition) is 2. The highest BCUT2D eigenvalue weighted by Crippen LogP contribution is 2.42. The lowest BCUT2D eigenvalue weighted by Crippen LogP contribution is -2.89. The Balaban J connectivity index is 3.61. The van der Waals surface area contributed by atoms with Crippen LogP contribution in [-0.2, 0) is 23.1 Å². The lowest BCUT2D eigenvalue weighted by Gasteiger charge is -2.19. The number of quaternary nitrogens is 1. The van der Waals surface area contributed by atoms with Gasteiger partial charge in [0.1, 0.15) is 19.3 Å². The zero-order valence-electron chi connectivity index (χ0n) is 22.8. The van der Waals surface area contributed by atoms with Crippen LogP contribution < -0.4 is 5.32 Å².